The summed E-state index contributed by atoms with van der Waals surface area (Å²) in [7, 11) is -2.97. The predicted octanol–water partition coefficient (Wildman–Crippen LogP) is 5.29. The number of aromatic nitrogens is 2. The van der Waals surface area contributed by atoms with Crippen LogP contribution in [-0.2, 0) is 14.6 Å². The van der Waals surface area contributed by atoms with Gasteiger partial charge in [-0.25, -0.2) is 22.2 Å². The molecule has 4 bridgehead atoms. The van der Waals surface area contributed by atoms with Gasteiger partial charge in [-0.2, -0.15) is 4.98 Å². The van der Waals surface area contributed by atoms with Gasteiger partial charge in [0.15, 0.2) is 21.5 Å². The van der Waals surface area contributed by atoms with Gasteiger partial charge in [-0.3, -0.25) is 4.79 Å². The van der Waals surface area contributed by atoms with Gasteiger partial charge in [0.25, 0.3) is 0 Å². The first kappa shape index (κ1) is 28.9. The number of halogens is 2. The monoisotopic (exact) mass is 622 g/mol. The molecular formula is C32H36F2N6O3S. The summed E-state index contributed by atoms with van der Waals surface area (Å²) >= 11 is 0. The maximum absolute atomic E-state index is 15.0. The third-order valence-electron chi connectivity index (χ3n) is 10.0. The van der Waals surface area contributed by atoms with Crippen LogP contribution in [0.15, 0.2) is 48.7 Å². The van der Waals surface area contributed by atoms with Gasteiger partial charge in [0.05, 0.1) is 23.1 Å². The lowest BCUT2D eigenvalue weighted by Gasteiger charge is -2.59. The molecule has 4 aliphatic carbocycles. The second kappa shape index (κ2) is 11.0. The Morgan fingerprint density at radius 2 is 1.75 bits per heavy atom. The van der Waals surface area contributed by atoms with E-state index in [2.05, 4.69) is 30.8 Å². The molecule has 1 aromatic heterocycles. The number of aryl methyl sites for hydroxylation is 1. The molecule has 12 heteroatoms. The molecule has 2 heterocycles. The van der Waals surface area contributed by atoms with E-state index in [-0.39, 0.29) is 52.9 Å². The molecule has 44 heavy (non-hydrogen) atoms. The largest absolute Gasteiger partial charge is 0.369 e. The van der Waals surface area contributed by atoms with Crippen molar-refractivity contribution in [1.82, 2.24) is 9.97 Å². The van der Waals surface area contributed by atoms with Crippen molar-refractivity contribution in [3.63, 3.8) is 0 Å². The summed E-state index contributed by atoms with van der Waals surface area (Å²) in [6.45, 7) is 2.91. The van der Waals surface area contributed by atoms with Crippen LogP contribution in [-0.4, -0.2) is 54.9 Å². The van der Waals surface area contributed by atoms with Gasteiger partial charge in [-0.05, 0) is 98.7 Å². The van der Waals surface area contributed by atoms with E-state index < -0.39 is 21.1 Å². The Morgan fingerprint density at radius 3 is 2.45 bits per heavy atom. The highest BCUT2D eigenvalue weighted by Gasteiger charge is 2.58. The lowest BCUT2D eigenvalue weighted by Crippen LogP contribution is -2.59. The minimum Gasteiger partial charge on any atom is -0.369 e. The first-order valence-electron chi connectivity index (χ1n) is 15.2. The molecule has 3 N–H and O–H groups in total. The van der Waals surface area contributed by atoms with Crippen LogP contribution in [0.4, 0.5) is 37.6 Å². The summed E-state index contributed by atoms with van der Waals surface area (Å²) in [4.78, 5) is 24.2. The molecule has 0 radical (unpaired) electrons. The third kappa shape index (κ3) is 5.60. The molecule has 5 fully saturated rings. The van der Waals surface area contributed by atoms with Crippen LogP contribution in [0.1, 0.15) is 37.7 Å². The van der Waals surface area contributed by atoms with Gasteiger partial charge in [0.1, 0.15) is 5.82 Å². The Bertz CT molecular complexity index is 1690. The molecule has 2 unspecified atom stereocenters. The molecule has 0 spiro atoms. The molecule has 2 aromatic carbocycles. The van der Waals surface area contributed by atoms with Crippen molar-refractivity contribution in [3.8, 4) is 0 Å². The Labute approximate surface area is 255 Å². The van der Waals surface area contributed by atoms with E-state index in [0.717, 1.165) is 42.4 Å². The van der Waals surface area contributed by atoms with Crippen LogP contribution in [0.25, 0.3) is 0 Å². The second-order valence-electron chi connectivity index (χ2n) is 13.0. The lowest BCUT2D eigenvalue weighted by molar-refractivity contribution is -0.141. The van der Waals surface area contributed by atoms with E-state index in [1.54, 1.807) is 12.1 Å². The van der Waals surface area contributed by atoms with Crippen molar-refractivity contribution in [2.45, 2.75) is 45.1 Å². The van der Waals surface area contributed by atoms with E-state index in [9.17, 15) is 17.6 Å². The van der Waals surface area contributed by atoms with Gasteiger partial charge >= 0.3 is 0 Å². The average molecular weight is 623 g/mol. The number of hydrogen-bond donors (Lipinski definition) is 3. The maximum Gasteiger partial charge on any atom is 0.230 e. The van der Waals surface area contributed by atoms with Gasteiger partial charge < -0.3 is 20.9 Å². The van der Waals surface area contributed by atoms with Crippen LogP contribution in [0.2, 0.25) is 0 Å². The van der Waals surface area contributed by atoms with E-state index in [0.29, 0.717) is 37.5 Å². The molecular weight excluding hydrogens is 586 g/mol. The number of amides is 1. The van der Waals surface area contributed by atoms with Crippen molar-refractivity contribution < 1.29 is 22.0 Å². The normalized spacial score (nSPS) is 28.5. The minimum atomic E-state index is -2.97. The summed E-state index contributed by atoms with van der Waals surface area (Å²) in [6.07, 6.45) is 5.36. The number of anilines is 5. The fraction of sp³-hybridized carbons (Fsp3) is 0.469. The molecule has 1 aliphatic heterocycles. The first-order chi connectivity index (χ1) is 21.1. The number of rotatable bonds is 7. The molecule has 5 aliphatic rings. The number of nitrogens with zero attached hydrogens (tertiary/aromatic N) is 3. The van der Waals surface area contributed by atoms with Crippen molar-refractivity contribution in [3.05, 3.63) is 65.9 Å². The lowest BCUT2D eigenvalue weighted by atomic mass is 9.47. The predicted molar refractivity (Wildman–Crippen MR) is 166 cm³/mol. The average Bonchev–Trinajstić information content (AvgIpc) is 2.97. The number of carbonyl (C=O) groups is 1. The van der Waals surface area contributed by atoms with Crippen molar-refractivity contribution in [2.75, 3.05) is 45.4 Å². The standard InChI is InChI=1S/C32H36F2N6O3S/c1-19-11-25(5-6-27(19)40-7-9-44(42,43)10-8-40)37-31-35-18-26(34)29(39-31)38-28-21-12-20-13-22(28)17-32(15-20,16-21)30(41)36-24-4-2-3-23(33)14-24/h2-6,11,14,18,20-22,28H,7-10,12-13,15-17H2,1H3,(H,36,41)(H2,35,37,38,39). The van der Waals surface area contributed by atoms with E-state index in [1.807, 2.05) is 25.1 Å². The SMILES string of the molecule is Cc1cc(Nc2ncc(F)c(NC3C4CC5CC3CC(C(=O)Nc3cccc(F)c3)(C5)C4)n2)ccc1N1CCS(=O)(=O)CC1. The van der Waals surface area contributed by atoms with Crippen LogP contribution < -0.4 is 20.9 Å². The number of hydrogen-bond acceptors (Lipinski definition) is 8. The highest BCUT2D eigenvalue weighted by Crippen LogP contribution is 2.60. The highest BCUT2D eigenvalue weighted by molar-refractivity contribution is 7.91. The van der Waals surface area contributed by atoms with Gasteiger partial charge in [-0.15, -0.1) is 0 Å². The van der Waals surface area contributed by atoms with E-state index >= 15 is 4.39 Å². The van der Waals surface area contributed by atoms with E-state index in [4.69, 9.17) is 0 Å². The minimum absolute atomic E-state index is 0.00576. The molecule has 1 amide bonds. The Morgan fingerprint density at radius 1 is 1.00 bits per heavy atom. The zero-order valence-electron chi connectivity index (χ0n) is 24.5. The quantitative estimate of drug-likeness (QED) is 0.326. The fourth-order valence-corrected chi connectivity index (χ4v) is 9.43. The smallest absolute Gasteiger partial charge is 0.230 e. The molecule has 232 valence electrons. The zero-order valence-corrected chi connectivity index (χ0v) is 25.3. The summed E-state index contributed by atoms with van der Waals surface area (Å²) in [5.41, 5.74) is 2.69. The zero-order chi connectivity index (χ0) is 30.6. The number of benzene rings is 2. The summed E-state index contributed by atoms with van der Waals surface area (Å²) in [6, 6.07) is 11.8. The van der Waals surface area contributed by atoms with Gasteiger partial charge in [0.2, 0.25) is 11.9 Å². The van der Waals surface area contributed by atoms with Crippen LogP contribution in [0, 0.1) is 41.7 Å². The summed E-state index contributed by atoms with van der Waals surface area (Å²) in [5.74, 6) is 0.577. The van der Waals surface area contributed by atoms with Crippen molar-refractivity contribution >= 4 is 44.6 Å². The molecule has 2 atom stereocenters. The molecule has 8 rings (SSSR count). The first-order valence-corrected chi connectivity index (χ1v) is 17.1. The molecule has 1 saturated heterocycles. The van der Waals surface area contributed by atoms with Crippen molar-refractivity contribution in [2.24, 2.45) is 23.2 Å². The highest BCUT2D eigenvalue weighted by atomic mass is 32.2. The molecule has 9 nitrogen and oxygen atoms in total. The summed E-state index contributed by atoms with van der Waals surface area (Å²) < 4.78 is 52.4. The van der Waals surface area contributed by atoms with Crippen molar-refractivity contribution in [1.29, 1.82) is 0 Å². The molecule has 3 aromatic rings. The number of sulfone groups is 1. The fourth-order valence-electron chi connectivity index (χ4n) is 8.22. The summed E-state index contributed by atoms with van der Waals surface area (Å²) in [5, 5.41) is 9.54. The van der Waals surface area contributed by atoms with Gasteiger partial charge in [-0.1, -0.05) is 6.07 Å². The number of nitrogens with one attached hydrogen (secondary N) is 3. The van der Waals surface area contributed by atoms with Crippen LogP contribution in [0.5, 0.6) is 0 Å². The number of carbonyl (C=O) groups excluding carboxylic acids is 1. The van der Waals surface area contributed by atoms with E-state index in [1.165, 1.54) is 12.1 Å². The Kier molecular flexibility index (Phi) is 7.22. The Hall–Kier alpha value is -3.80. The maximum atomic E-state index is 15.0. The Balaban J connectivity index is 1.03. The second-order valence-corrected chi connectivity index (χ2v) is 15.3. The molecule has 4 saturated carbocycles. The van der Waals surface area contributed by atoms with Crippen LogP contribution >= 0.6 is 0 Å². The topological polar surface area (TPSA) is 116 Å². The van der Waals surface area contributed by atoms with Crippen LogP contribution in [0.3, 0.4) is 0 Å². The third-order valence-corrected chi connectivity index (χ3v) is 11.6. The van der Waals surface area contributed by atoms with Gasteiger partial charge in [0, 0.05) is 36.2 Å².